The molecule has 0 saturated carbocycles. The van der Waals surface area contributed by atoms with Crippen molar-refractivity contribution in [3.8, 4) is 5.75 Å². The lowest BCUT2D eigenvalue weighted by atomic mass is 10.1. The normalized spacial score (nSPS) is 14.2. The van der Waals surface area contributed by atoms with E-state index in [2.05, 4.69) is 25.1 Å². The van der Waals surface area contributed by atoms with Gasteiger partial charge in [0.2, 0.25) is 0 Å². The number of aromatic nitrogens is 4. The first-order chi connectivity index (χ1) is 13.7. The van der Waals surface area contributed by atoms with E-state index in [0.717, 1.165) is 43.0 Å². The zero-order chi connectivity index (χ0) is 19.3. The summed E-state index contributed by atoms with van der Waals surface area (Å²) in [6.07, 6.45) is 6.70. The van der Waals surface area contributed by atoms with E-state index in [9.17, 15) is 4.79 Å². The Bertz CT molecular complexity index is 954. The Labute approximate surface area is 163 Å². The number of nitrogens with zero attached hydrogens (tertiary/aromatic N) is 4. The van der Waals surface area contributed by atoms with Crippen molar-refractivity contribution >= 4 is 5.91 Å². The van der Waals surface area contributed by atoms with E-state index in [1.165, 1.54) is 0 Å². The summed E-state index contributed by atoms with van der Waals surface area (Å²) in [6, 6.07) is 10.8. The summed E-state index contributed by atoms with van der Waals surface area (Å²) in [5.41, 5.74) is 1.52. The molecule has 1 aliphatic heterocycles. The summed E-state index contributed by atoms with van der Waals surface area (Å²) < 4.78 is 7.91. The van der Waals surface area contributed by atoms with Gasteiger partial charge < -0.3 is 14.6 Å². The van der Waals surface area contributed by atoms with Crippen LogP contribution in [0.1, 0.15) is 53.4 Å². The van der Waals surface area contributed by atoms with Crippen LogP contribution in [-0.2, 0) is 19.6 Å². The Hall–Kier alpha value is -3.22. The van der Waals surface area contributed by atoms with Gasteiger partial charge in [-0.05, 0) is 44.0 Å². The highest BCUT2D eigenvalue weighted by Gasteiger charge is 2.21. The zero-order valence-corrected chi connectivity index (χ0v) is 15.8. The fraction of sp³-hybridized carbons (Fsp3) is 0.333. The lowest BCUT2D eigenvalue weighted by molar-refractivity contribution is 0.0937. The molecule has 7 nitrogen and oxygen atoms in total. The van der Waals surface area contributed by atoms with Gasteiger partial charge in [-0.25, -0.2) is 0 Å². The molecule has 4 rings (SSSR count). The molecule has 0 radical (unpaired) electrons. The van der Waals surface area contributed by atoms with Crippen molar-refractivity contribution in [2.24, 2.45) is 0 Å². The average Bonchev–Trinajstić information content (AvgIpc) is 3.17. The van der Waals surface area contributed by atoms with E-state index in [4.69, 9.17) is 4.74 Å². The molecule has 0 aliphatic carbocycles. The Morgan fingerprint density at radius 1 is 1.25 bits per heavy atom. The standard InChI is InChI=1S/C21H23N5O2/c1-15(20-25-24-19-9-2-3-11-26(19)20)23-21(27)17-7-4-8-18(12-17)28-14-16-6-5-10-22-13-16/h4-8,10,12-13,15H,2-3,9,11,14H2,1H3,(H,23,27). The van der Waals surface area contributed by atoms with E-state index in [-0.39, 0.29) is 11.9 Å². The second-order valence-electron chi connectivity index (χ2n) is 6.96. The quantitative estimate of drug-likeness (QED) is 0.714. The molecule has 1 unspecified atom stereocenters. The number of aryl methyl sites for hydroxylation is 1. The number of benzene rings is 1. The molecule has 7 heteroatoms. The van der Waals surface area contributed by atoms with Crippen LogP contribution in [0.2, 0.25) is 0 Å². The number of carbonyl (C=O) groups is 1. The van der Waals surface area contributed by atoms with Crippen LogP contribution in [0.5, 0.6) is 5.75 Å². The van der Waals surface area contributed by atoms with E-state index < -0.39 is 0 Å². The number of fused-ring (bicyclic) bond motifs is 1. The molecule has 1 aromatic carbocycles. The number of hydrogen-bond acceptors (Lipinski definition) is 5. The summed E-state index contributed by atoms with van der Waals surface area (Å²) in [4.78, 5) is 16.8. The fourth-order valence-electron chi connectivity index (χ4n) is 3.37. The van der Waals surface area contributed by atoms with Gasteiger partial charge >= 0.3 is 0 Å². The van der Waals surface area contributed by atoms with Gasteiger partial charge in [-0.1, -0.05) is 12.1 Å². The molecule has 1 N–H and O–H groups in total. The largest absolute Gasteiger partial charge is 0.489 e. The molecule has 144 valence electrons. The second kappa shape index (κ2) is 8.21. The highest BCUT2D eigenvalue weighted by atomic mass is 16.5. The lowest BCUT2D eigenvalue weighted by Crippen LogP contribution is -2.29. The van der Waals surface area contributed by atoms with Crippen molar-refractivity contribution in [1.29, 1.82) is 0 Å². The topological polar surface area (TPSA) is 81.9 Å². The molecule has 0 spiro atoms. The number of rotatable bonds is 6. The number of carbonyl (C=O) groups excluding carboxylic acids is 1. The monoisotopic (exact) mass is 377 g/mol. The van der Waals surface area contributed by atoms with Crippen LogP contribution < -0.4 is 10.1 Å². The van der Waals surface area contributed by atoms with Crippen molar-refractivity contribution in [1.82, 2.24) is 25.1 Å². The predicted molar refractivity (Wildman–Crippen MR) is 104 cm³/mol. The zero-order valence-electron chi connectivity index (χ0n) is 15.8. The highest BCUT2D eigenvalue weighted by molar-refractivity contribution is 5.94. The molecule has 3 heterocycles. The molecule has 0 bridgehead atoms. The summed E-state index contributed by atoms with van der Waals surface area (Å²) in [5, 5.41) is 11.6. The van der Waals surface area contributed by atoms with Crippen LogP contribution in [0.15, 0.2) is 48.8 Å². The first-order valence-corrected chi connectivity index (χ1v) is 9.55. The molecule has 1 atom stereocenters. The van der Waals surface area contributed by atoms with Crippen LogP contribution in [-0.4, -0.2) is 25.7 Å². The van der Waals surface area contributed by atoms with Gasteiger partial charge in [-0.15, -0.1) is 10.2 Å². The molecule has 1 aliphatic rings. The number of pyridine rings is 1. The van der Waals surface area contributed by atoms with Crippen molar-refractivity contribution in [2.75, 3.05) is 0 Å². The molecular weight excluding hydrogens is 354 g/mol. The maximum absolute atomic E-state index is 12.7. The lowest BCUT2D eigenvalue weighted by Gasteiger charge is -2.19. The van der Waals surface area contributed by atoms with E-state index in [0.29, 0.717) is 17.9 Å². The number of ether oxygens (including phenoxy) is 1. The third-order valence-electron chi connectivity index (χ3n) is 4.85. The van der Waals surface area contributed by atoms with E-state index in [1.54, 1.807) is 24.5 Å². The molecule has 0 saturated heterocycles. The van der Waals surface area contributed by atoms with Crippen LogP contribution in [0.4, 0.5) is 0 Å². The third kappa shape index (κ3) is 4.03. The maximum Gasteiger partial charge on any atom is 0.251 e. The first-order valence-electron chi connectivity index (χ1n) is 9.55. The van der Waals surface area contributed by atoms with Crippen LogP contribution in [0, 0.1) is 0 Å². The first kappa shape index (κ1) is 18.2. The summed E-state index contributed by atoms with van der Waals surface area (Å²) >= 11 is 0. The Morgan fingerprint density at radius 3 is 3.04 bits per heavy atom. The smallest absolute Gasteiger partial charge is 0.251 e. The summed E-state index contributed by atoms with van der Waals surface area (Å²) in [6.45, 7) is 3.25. The van der Waals surface area contributed by atoms with Crippen molar-refractivity contribution in [3.63, 3.8) is 0 Å². The van der Waals surface area contributed by atoms with Gasteiger partial charge in [0.05, 0.1) is 6.04 Å². The Kier molecular flexibility index (Phi) is 5.32. The average molecular weight is 377 g/mol. The number of hydrogen-bond donors (Lipinski definition) is 1. The molecule has 1 amide bonds. The van der Waals surface area contributed by atoms with E-state index >= 15 is 0 Å². The number of amides is 1. The minimum Gasteiger partial charge on any atom is -0.489 e. The Morgan fingerprint density at radius 2 is 2.18 bits per heavy atom. The minimum absolute atomic E-state index is 0.160. The molecule has 28 heavy (non-hydrogen) atoms. The maximum atomic E-state index is 12.7. The van der Waals surface area contributed by atoms with Crippen molar-refractivity contribution < 1.29 is 9.53 Å². The van der Waals surface area contributed by atoms with Gasteiger partial charge in [-0.3, -0.25) is 9.78 Å². The fourth-order valence-corrected chi connectivity index (χ4v) is 3.37. The van der Waals surface area contributed by atoms with Gasteiger partial charge in [-0.2, -0.15) is 0 Å². The van der Waals surface area contributed by atoms with Crippen LogP contribution >= 0.6 is 0 Å². The predicted octanol–water partition coefficient (Wildman–Crippen LogP) is 3.08. The molecular formula is C21H23N5O2. The molecule has 2 aromatic heterocycles. The summed E-state index contributed by atoms with van der Waals surface area (Å²) in [7, 11) is 0. The van der Waals surface area contributed by atoms with Crippen molar-refractivity contribution in [2.45, 2.75) is 45.4 Å². The van der Waals surface area contributed by atoms with Crippen LogP contribution in [0.3, 0.4) is 0 Å². The number of nitrogens with one attached hydrogen (secondary N) is 1. The van der Waals surface area contributed by atoms with Gasteiger partial charge in [0.1, 0.15) is 18.2 Å². The van der Waals surface area contributed by atoms with Gasteiger partial charge in [0.25, 0.3) is 5.91 Å². The molecule has 0 fully saturated rings. The third-order valence-corrected chi connectivity index (χ3v) is 4.85. The van der Waals surface area contributed by atoms with Crippen molar-refractivity contribution in [3.05, 3.63) is 71.6 Å². The van der Waals surface area contributed by atoms with Crippen LogP contribution in [0.25, 0.3) is 0 Å². The van der Waals surface area contributed by atoms with Gasteiger partial charge in [0, 0.05) is 36.5 Å². The Balaban J connectivity index is 1.41. The summed E-state index contributed by atoms with van der Waals surface area (Å²) in [5.74, 6) is 2.30. The molecule has 3 aromatic rings. The minimum atomic E-state index is -0.216. The highest BCUT2D eigenvalue weighted by Crippen LogP contribution is 2.20. The van der Waals surface area contributed by atoms with Gasteiger partial charge in [0.15, 0.2) is 5.82 Å². The van der Waals surface area contributed by atoms with E-state index in [1.807, 2.05) is 31.2 Å². The SMILES string of the molecule is CC(NC(=O)c1cccc(OCc2cccnc2)c1)c1nnc2n1CCCC2. The second-order valence-corrected chi connectivity index (χ2v) is 6.96.